The normalized spacial score (nSPS) is 25.6. The minimum absolute atomic E-state index is 0.0358. The fourth-order valence-corrected chi connectivity index (χ4v) is 8.04. The number of fused-ring (bicyclic) bond motifs is 1. The second-order valence-electron chi connectivity index (χ2n) is 5.81. The van der Waals surface area contributed by atoms with Crippen molar-refractivity contribution in [2.24, 2.45) is 4.99 Å². The molecule has 0 radical (unpaired) electrons. The van der Waals surface area contributed by atoms with Gasteiger partial charge in [-0.05, 0) is 24.6 Å². The van der Waals surface area contributed by atoms with E-state index in [0.717, 1.165) is 17.8 Å². The van der Waals surface area contributed by atoms with Gasteiger partial charge in [0.05, 0.1) is 22.4 Å². The molecule has 0 saturated carbocycles. The van der Waals surface area contributed by atoms with Crippen molar-refractivity contribution < 1.29 is 25.3 Å². The number of hydrogen-bond acceptors (Lipinski definition) is 8. The number of nitrogens with zero attached hydrogens (tertiary/aromatic N) is 1. The van der Waals surface area contributed by atoms with E-state index in [9.17, 15) is 25.3 Å². The van der Waals surface area contributed by atoms with Gasteiger partial charge in [-0.15, -0.1) is 0 Å². The quantitative estimate of drug-likeness (QED) is 0.668. The Hall–Kier alpha value is -1.15. The summed E-state index contributed by atoms with van der Waals surface area (Å²) in [6, 6.07) is 3.34. The molecule has 26 heavy (non-hydrogen) atoms. The third-order valence-corrected chi connectivity index (χ3v) is 9.69. The van der Waals surface area contributed by atoms with E-state index in [2.05, 4.69) is 14.4 Å². The van der Waals surface area contributed by atoms with Crippen molar-refractivity contribution in [2.45, 2.75) is 34.1 Å². The predicted molar refractivity (Wildman–Crippen MR) is 98.0 cm³/mol. The Morgan fingerprint density at radius 3 is 2.65 bits per heavy atom. The monoisotopic (exact) mass is 439 g/mol. The molecule has 0 amide bonds. The number of benzene rings is 1. The maximum Gasteiger partial charge on any atom is 0.264 e. The van der Waals surface area contributed by atoms with Crippen LogP contribution in [0.3, 0.4) is 0 Å². The minimum atomic E-state index is -4.00. The molecule has 1 fully saturated rings. The molecule has 1 unspecified atom stereocenters. The molecule has 2 heterocycles. The van der Waals surface area contributed by atoms with Gasteiger partial charge in [0.15, 0.2) is 15.0 Å². The Balaban J connectivity index is 1.95. The molecule has 13 heteroatoms. The number of sulfonamides is 2. The second kappa shape index (κ2) is 6.78. The van der Waals surface area contributed by atoms with Gasteiger partial charge in [0.2, 0.25) is 10.0 Å². The van der Waals surface area contributed by atoms with Crippen LogP contribution in [0.2, 0.25) is 0 Å². The van der Waals surface area contributed by atoms with Crippen LogP contribution >= 0.6 is 11.8 Å². The van der Waals surface area contributed by atoms with Crippen LogP contribution in [0.25, 0.3) is 0 Å². The van der Waals surface area contributed by atoms with Gasteiger partial charge in [-0.25, -0.2) is 30.0 Å². The van der Waals surface area contributed by atoms with Gasteiger partial charge in [-0.2, -0.15) is 0 Å². The smallest absolute Gasteiger partial charge is 0.258 e. The molecule has 0 aliphatic carbocycles. The first-order valence-corrected chi connectivity index (χ1v) is 13.3. The molecule has 0 aromatic heterocycles. The number of sulfone groups is 1. The van der Waals surface area contributed by atoms with Crippen molar-refractivity contribution in [1.29, 1.82) is 0 Å². The highest BCUT2D eigenvalue weighted by molar-refractivity contribution is 8.16. The molecule has 1 aromatic carbocycles. The maximum atomic E-state index is 12.5. The topological polar surface area (TPSA) is 139 Å². The molecule has 0 spiro atoms. The predicted octanol–water partition coefficient (Wildman–Crippen LogP) is -0.0881. The fourth-order valence-electron chi connectivity index (χ4n) is 2.61. The molecule has 2 aliphatic heterocycles. The molecule has 9 nitrogen and oxygen atoms in total. The van der Waals surface area contributed by atoms with Crippen molar-refractivity contribution in [2.75, 3.05) is 18.1 Å². The van der Waals surface area contributed by atoms with Gasteiger partial charge in [0.1, 0.15) is 4.90 Å². The van der Waals surface area contributed by atoms with E-state index in [-0.39, 0.29) is 33.0 Å². The molecule has 0 bridgehead atoms. The van der Waals surface area contributed by atoms with E-state index in [1.165, 1.54) is 12.1 Å². The molecule has 2 N–H and O–H groups in total. The van der Waals surface area contributed by atoms with Crippen LogP contribution in [0.15, 0.2) is 37.9 Å². The molecule has 1 aromatic rings. The zero-order valence-electron chi connectivity index (χ0n) is 13.7. The Morgan fingerprint density at radius 2 is 2.04 bits per heavy atom. The van der Waals surface area contributed by atoms with Gasteiger partial charge in [0, 0.05) is 11.4 Å². The second-order valence-corrected chi connectivity index (χ2v) is 12.5. The van der Waals surface area contributed by atoms with Crippen LogP contribution < -0.4 is 9.44 Å². The Kier molecular flexibility index (Phi) is 5.11. The van der Waals surface area contributed by atoms with Crippen LogP contribution in [0.1, 0.15) is 13.3 Å². The van der Waals surface area contributed by atoms with Crippen molar-refractivity contribution >= 4 is 46.8 Å². The fraction of sp³-hybridized carbons (Fsp3) is 0.462. The Bertz CT molecular complexity index is 1080. The zero-order valence-corrected chi connectivity index (χ0v) is 16.9. The molecule has 144 valence electrons. The van der Waals surface area contributed by atoms with E-state index in [1.807, 2.05) is 0 Å². The Labute approximate surface area is 156 Å². The molecular formula is C13H17N3O6S4. The summed E-state index contributed by atoms with van der Waals surface area (Å²) in [5.41, 5.74) is 0. The standard InChI is InChI=1S/C13H17N3O6S4/c1-2-14-25(19,20)10-3-4-11-12(7-10)26(21,22)16-13(23-11)15-9-5-6-24(17,18)8-9/h3-4,7,9,14H,2,5-6,8H2,1H3,(H,15,16). The summed E-state index contributed by atoms with van der Waals surface area (Å²) in [4.78, 5) is 4.24. The van der Waals surface area contributed by atoms with Crippen molar-refractivity contribution in [3.63, 3.8) is 0 Å². The van der Waals surface area contributed by atoms with Crippen molar-refractivity contribution in [3.05, 3.63) is 18.2 Å². The van der Waals surface area contributed by atoms with E-state index < -0.39 is 35.9 Å². The van der Waals surface area contributed by atoms with Gasteiger partial charge >= 0.3 is 0 Å². The first-order chi connectivity index (χ1) is 12.0. The lowest BCUT2D eigenvalue weighted by Crippen LogP contribution is -2.34. The summed E-state index contributed by atoms with van der Waals surface area (Å²) in [6.07, 6.45) is 0.348. The van der Waals surface area contributed by atoms with Crippen LogP contribution in [0, 0.1) is 0 Å². The summed E-state index contributed by atoms with van der Waals surface area (Å²) < 4.78 is 76.7. The SMILES string of the molecule is CCNS(=O)(=O)c1ccc2c(c1)S(=O)(=O)NC(=NC1CCS(=O)(=O)C1)S2. The largest absolute Gasteiger partial charge is 0.264 e. The number of aliphatic imine (C=N–C) groups is 1. The number of hydrogen-bond donors (Lipinski definition) is 2. The number of amidine groups is 1. The average Bonchev–Trinajstić information content (AvgIpc) is 2.85. The molecule has 3 rings (SSSR count). The number of rotatable bonds is 4. The molecular weight excluding hydrogens is 422 g/mol. The summed E-state index contributed by atoms with van der Waals surface area (Å²) in [5.74, 6) is -0.0698. The third kappa shape index (κ3) is 4.06. The zero-order chi connectivity index (χ0) is 19.2. The van der Waals surface area contributed by atoms with Crippen LogP contribution in [0.5, 0.6) is 0 Å². The summed E-state index contributed by atoms with van der Waals surface area (Å²) >= 11 is 1.03. The highest BCUT2D eigenvalue weighted by Gasteiger charge is 2.32. The molecule has 1 atom stereocenters. The van der Waals surface area contributed by atoms with Crippen molar-refractivity contribution in [1.82, 2.24) is 9.44 Å². The van der Waals surface area contributed by atoms with Gasteiger partial charge in [-0.1, -0.05) is 18.7 Å². The number of nitrogens with one attached hydrogen (secondary N) is 2. The van der Waals surface area contributed by atoms with E-state index in [4.69, 9.17) is 0 Å². The Morgan fingerprint density at radius 1 is 1.31 bits per heavy atom. The van der Waals surface area contributed by atoms with Gasteiger partial charge in [-0.3, -0.25) is 9.71 Å². The summed E-state index contributed by atoms with van der Waals surface area (Å²) in [5, 5.41) is 0.0851. The first kappa shape index (κ1) is 19.6. The molecule has 2 aliphatic rings. The number of thioether (sulfide) groups is 1. The molecule has 1 saturated heterocycles. The van der Waals surface area contributed by atoms with Crippen LogP contribution in [-0.4, -0.2) is 54.5 Å². The van der Waals surface area contributed by atoms with E-state index >= 15 is 0 Å². The summed E-state index contributed by atoms with van der Waals surface area (Å²) in [7, 11) is -10.9. The maximum absolute atomic E-state index is 12.5. The average molecular weight is 440 g/mol. The highest BCUT2D eigenvalue weighted by Crippen LogP contribution is 2.34. The van der Waals surface area contributed by atoms with Gasteiger partial charge < -0.3 is 0 Å². The van der Waals surface area contributed by atoms with E-state index in [0.29, 0.717) is 11.3 Å². The van der Waals surface area contributed by atoms with Crippen LogP contribution in [0.4, 0.5) is 0 Å². The van der Waals surface area contributed by atoms with Crippen LogP contribution in [-0.2, 0) is 29.9 Å². The first-order valence-electron chi connectivity index (χ1n) is 7.65. The highest BCUT2D eigenvalue weighted by atomic mass is 32.2. The lowest BCUT2D eigenvalue weighted by atomic mass is 10.3. The lowest BCUT2D eigenvalue weighted by molar-refractivity contribution is 0.582. The minimum Gasteiger partial charge on any atom is -0.258 e. The lowest BCUT2D eigenvalue weighted by Gasteiger charge is -2.20. The third-order valence-electron chi connectivity index (χ3n) is 3.79. The van der Waals surface area contributed by atoms with Gasteiger partial charge in [0.25, 0.3) is 10.0 Å². The van der Waals surface area contributed by atoms with Crippen molar-refractivity contribution in [3.8, 4) is 0 Å². The van der Waals surface area contributed by atoms with E-state index in [1.54, 1.807) is 6.92 Å². The summed E-state index contributed by atoms with van der Waals surface area (Å²) in [6.45, 7) is 1.80.